The molecule has 3 aromatic rings. The molecule has 1 aliphatic carbocycles. The minimum Gasteiger partial charge on any atom is -0.344 e. The molecule has 1 amide bonds. The van der Waals surface area contributed by atoms with Crippen LogP contribution in [0.1, 0.15) is 34.1 Å². The molecule has 4 rings (SSSR count). The van der Waals surface area contributed by atoms with Gasteiger partial charge in [0, 0.05) is 16.1 Å². The highest BCUT2D eigenvalue weighted by Gasteiger charge is 2.26. The fraction of sp³-hybridized carbons (Fsp3) is 0.158. The van der Waals surface area contributed by atoms with Crippen molar-refractivity contribution >= 4 is 32.6 Å². The van der Waals surface area contributed by atoms with Crippen molar-refractivity contribution in [2.75, 3.05) is 0 Å². The molecule has 2 aromatic carbocycles. The van der Waals surface area contributed by atoms with Gasteiger partial charge in [0.05, 0.1) is 6.04 Å². The SMILES string of the molecule is O=C(NC1CCc2c(Br)cccc21)c1nccc2ccccc12. The number of aromatic nitrogens is 1. The number of rotatable bonds is 2. The summed E-state index contributed by atoms with van der Waals surface area (Å²) in [6.45, 7) is 0. The van der Waals surface area contributed by atoms with Crippen LogP contribution in [0.4, 0.5) is 0 Å². The van der Waals surface area contributed by atoms with E-state index in [0.717, 1.165) is 28.1 Å². The van der Waals surface area contributed by atoms with Crippen molar-refractivity contribution in [3.05, 3.63) is 76.0 Å². The molecule has 114 valence electrons. The Morgan fingerprint density at radius 3 is 2.91 bits per heavy atom. The molecule has 0 bridgehead atoms. The number of carbonyl (C=O) groups excluding carboxylic acids is 1. The predicted octanol–water partition coefficient (Wildman–Crippen LogP) is 4.41. The molecule has 1 heterocycles. The first-order valence-electron chi connectivity index (χ1n) is 7.66. The Kier molecular flexibility index (Phi) is 3.62. The fourth-order valence-electron chi connectivity index (χ4n) is 3.29. The van der Waals surface area contributed by atoms with Crippen LogP contribution in [-0.2, 0) is 6.42 Å². The van der Waals surface area contributed by atoms with E-state index in [9.17, 15) is 4.79 Å². The molecule has 0 saturated carbocycles. The van der Waals surface area contributed by atoms with Crippen molar-refractivity contribution in [3.63, 3.8) is 0 Å². The number of fused-ring (bicyclic) bond motifs is 2. The number of nitrogens with zero attached hydrogens (tertiary/aromatic N) is 1. The van der Waals surface area contributed by atoms with Gasteiger partial charge in [-0.1, -0.05) is 52.3 Å². The van der Waals surface area contributed by atoms with Crippen LogP contribution < -0.4 is 5.32 Å². The number of nitrogens with one attached hydrogen (secondary N) is 1. The molecule has 23 heavy (non-hydrogen) atoms. The Hall–Kier alpha value is -2.20. The van der Waals surface area contributed by atoms with Crippen LogP contribution >= 0.6 is 15.9 Å². The first-order valence-corrected chi connectivity index (χ1v) is 8.45. The Bertz CT molecular complexity index is 902. The molecule has 1 aromatic heterocycles. The lowest BCUT2D eigenvalue weighted by Gasteiger charge is -2.15. The van der Waals surface area contributed by atoms with Crippen LogP contribution in [0.15, 0.2) is 59.2 Å². The molecule has 0 fully saturated rings. The van der Waals surface area contributed by atoms with Crippen LogP contribution in [0.25, 0.3) is 10.8 Å². The van der Waals surface area contributed by atoms with E-state index in [1.807, 2.05) is 36.4 Å². The van der Waals surface area contributed by atoms with E-state index < -0.39 is 0 Å². The molecule has 4 heteroatoms. The average molecular weight is 367 g/mol. The molecule has 1 unspecified atom stereocenters. The molecule has 0 spiro atoms. The molecule has 1 N–H and O–H groups in total. The topological polar surface area (TPSA) is 42.0 Å². The summed E-state index contributed by atoms with van der Waals surface area (Å²) in [5, 5.41) is 5.07. The number of benzene rings is 2. The van der Waals surface area contributed by atoms with Crippen LogP contribution in [-0.4, -0.2) is 10.9 Å². The van der Waals surface area contributed by atoms with Gasteiger partial charge in [-0.25, -0.2) is 0 Å². The van der Waals surface area contributed by atoms with Crippen LogP contribution in [0.3, 0.4) is 0 Å². The number of pyridine rings is 1. The standard InChI is InChI=1S/C19H15BrN2O/c20-16-7-3-6-15-14(16)8-9-17(15)22-19(23)18-13-5-2-1-4-12(13)10-11-21-18/h1-7,10-11,17H,8-9H2,(H,22,23). The normalized spacial score (nSPS) is 16.3. The maximum Gasteiger partial charge on any atom is 0.271 e. The summed E-state index contributed by atoms with van der Waals surface area (Å²) in [5.74, 6) is -0.111. The van der Waals surface area contributed by atoms with Gasteiger partial charge in [-0.2, -0.15) is 0 Å². The van der Waals surface area contributed by atoms with Crippen molar-refractivity contribution in [1.29, 1.82) is 0 Å². The zero-order valence-electron chi connectivity index (χ0n) is 12.4. The molecule has 0 aliphatic heterocycles. The summed E-state index contributed by atoms with van der Waals surface area (Å²) in [7, 11) is 0. The van der Waals surface area contributed by atoms with Gasteiger partial charge in [0.2, 0.25) is 0 Å². The van der Waals surface area contributed by atoms with Gasteiger partial charge in [-0.05, 0) is 41.5 Å². The Morgan fingerprint density at radius 2 is 2.00 bits per heavy atom. The maximum absolute atomic E-state index is 12.7. The molecule has 1 atom stereocenters. The monoisotopic (exact) mass is 366 g/mol. The van der Waals surface area contributed by atoms with Gasteiger partial charge < -0.3 is 5.32 Å². The first-order chi connectivity index (χ1) is 11.2. The van der Waals surface area contributed by atoms with Gasteiger partial charge >= 0.3 is 0 Å². The van der Waals surface area contributed by atoms with E-state index in [1.54, 1.807) is 6.20 Å². The second kappa shape index (κ2) is 5.78. The van der Waals surface area contributed by atoms with E-state index in [0.29, 0.717) is 5.69 Å². The molecule has 0 saturated heterocycles. The van der Waals surface area contributed by atoms with E-state index in [2.05, 4.69) is 38.4 Å². The van der Waals surface area contributed by atoms with Crippen molar-refractivity contribution in [1.82, 2.24) is 10.3 Å². The van der Waals surface area contributed by atoms with Crippen molar-refractivity contribution in [3.8, 4) is 0 Å². The Morgan fingerprint density at radius 1 is 1.13 bits per heavy atom. The van der Waals surface area contributed by atoms with E-state index in [-0.39, 0.29) is 11.9 Å². The summed E-state index contributed by atoms with van der Waals surface area (Å²) in [4.78, 5) is 17.0. The number of carbonyl (C=O) groups is 1. The summed E-state index contributed by atoms with van der Waals surface area (Å²) in [6.07, 6.45) is 3.59. The molecular formula is C19H15BrN2O. The van der Waals surface area contributed by atoms with E-state index >= 15 is 0 Å². The first kappa shape index (κ1) is 14.4. The number of hydrogen-bond donors (Lipinski definition) is 1. The van der Waals surface area contributed by atoms with Crippen molar-refractivity contribution in [2.24, 2.45) is 0 Å². The Balaban J connectivity index is 1.66. The molecule has 0 radical (unpaired) electrons. The summed E-state index contributed by atoms with van der Waals surface area (Å²) in [5.41, 5.74) is 2.99. The second-order valence-electron chi connectivity index (χ2n) is 5.75. The van der Waals surface area contributed by atoms with Crippen molar-refractivity contribution in [2.45, 2.75) is 18.9 Å². The smallest absolute Gasteiger partial charge is 0.271 e. The average Bonchev–Trinajstić information content (AvgIpc) is 2.99. The van der Waals surface area contributed by atoms with Crippen LogP contribution in [0, 0.1) is 0 Å². The lowest BCUT2D eigenvalue weighted by Crippen LogP contribution is -2.28. The van der Waals surface area contributed by atoms with Gasteiger partial charge in [-0.15, -0.1) is 0 Å². The highest BCUT2D eigenvalue weighted by Crippen LogP contribution is 2.35. The zero-order chi connectivity index (χ0) is 15.8. The largest absolute Gasteiger partial charge is 0.344 e. The van der Waals surface area contributed by atoms with Crippen LogP contribution in [0.5, 0.6) is 0 Å². The number of amides is 1. The third kappa shape index (κ3) is 2.53. The Labute approximate surface area is 142 Å². The quantitative estimate of drug-likeness (QED) is 0.729. The third-order valence-electron chi connectivity index (χ3n) is 4.41. The van der Waals surface area contributed by atoms with Gasteiger partial charge in [0.25, 0.3) is 5.91 Å². The lowest BCUT2D eigenvalue weighted by molar-refractivity contribution is 0.0933. The molecular weight excluding hydrogens is 352 g/mol. The highest BCUT2D eigenvalue weighted by atomic mass is 79.9. The van der Waals surface area contributed by atoms with Gasteiger partial charge in [0.15, 0.2) is 0 Å². The summed E-state index contributed by atoms with van der Waals surface area (Å²) in [6, 6.07) is 16.0. The number of halogens is 1. The number of hydrogen-bond acceptors (Lipinski definition) is 2. The predicted molar refractivity (Wildman–Crippen MR) is 94.4 cm³/mol. The summed E-state index contributed by atoms with van der Waals surface area (Å²) < 4.78 is 1.12. The van der Waals surface area contributed by atoms with Crippen LogP contribution in [0.2, 0.25) is 0 Å². The van der Waals surface area contributed by atoms with E-state index in [1.165, 1.54) is 11.1 Å². The third-order valence-corrected chi connectivity index (χ3v) is 5.15. The minimum atomic E-state index is -0.111. The van der Waals surface area contributed by atoms with Crippen molar-refractivity contribution < 1.29 is 4.79 Å². The molecule has 1 aliphatic rings. The maximum atomic E-state index is 12.7. The lowest BCUT2D eigenvalue weighted by atomic mass is 10.1. The van der Waals surface area contributed by atoms with Gasteiger partial charge in [-0.3, -0.25) is 9.78 Å². The minimum absolute atomic E-state index is 0.0516. The fourth-order valence-corrected chi connectivity index (χ4v) is 3.87. The van der Waals surface area contributed by atoms with Gasteiger partial charge in [0.1, 0.15) is 5.69 Å². The zero-order valence-corrected chi connectivity index (χ0v) is 14.0. The molecule has 3 nitrogen and oxygen atoms in total. The highest BCUT2D eigenvalue weighted by molar-refractivity contribution is 9.10. The summed E-state index contributed by atoms with van der Waals surface area (Å²) >= 11 is 3.59. The second-order valence-corrected chi connectivity index (χ2v) is 6.61. The van der Waals surface area contributed by atoms with E-state index in [4.69, 9.17) is 0 Å².